The second kappa shape index (κ2) is 11.2. The Morgan fingerprint density at radius 2 is 1.88 bits per heavy atom. The molecule has 0 spiro atoms. The van der Waals surface area contributed by atoms with Gasteiger partial charge in [-0.15, -0.1) is 10.2 Å². The van der Waals surface area contributed by atoms with E-state index in [9.17, 15) is 14.7 Å². The molecule has 1 N–H and O–H groups in total. The van der Waals surface area contributed by atoms with Crippen molar-refractivity contribution in [1.29, 1.82) is 0 Å². The van der Waals surface area contributed by atoms with Crippen LogP contribution in [0.15, 0.2) is 92.9 Å². The first-order valence-electron chi connectivity index (χ1n) is 12.2. The van der Waals surface area contributed by atoms with Gasteiger partial charge in [-0.1, -0.05) is 88.8 Å². The second-order valence-electron chi connectivity index (χ2n) is 8.94. The van der Waals surface area contributed by atoms with Crippen LogP contribution in [0.5, 0.6) is 5.75 Å². The molecule has 12 heteroatoms. The summed E-state index contributed by atoms with van der Waals surface area (Å²) in [6.45, 7) is 0. The summed E-state index contributed by atoms with van der Waals surface area (Å²) in [4.78, 5) is 28.7. The molecule has 1 unspecified atom stereocenters. The number of nitrogens with zero attached hydrogens (tertiary/aromatic N) is 3. The number of benzene rings is 3. The smallest absolute Gasteiger partial charge is 0.296 e. The van der Waals surface area contributed by atoms with Gasteiger partial charge < -0.3 is 14.3 Å². The van der Waals surface area contributed by atoms with Gasteiger partial charge in [0.15, 0.2) is 27.2 Å². The van der Waals surface area contributed by atoms with E-state index in [1.165, 1.54) is 35.1 Å². The number of ketones is 1. The third-order valence-corrected chi connectivity index (χ3v) is 9.23. The Morgan fingerprint density at radius 1 is 1.10 bits per heavy atom. The highest BCUT2D eigenvalue weighted by Gasteiger charge is 2.46. The van der Waals surface area contributed by atoms with Crippen LogP contribution in [-0.2, 0) is 10.5 Å². The monoisotopic (exact) mass is 623 g/mol. The number of thioether (sulfide) groups is 1. The van der Waals surface area contributed by atoms with E-state index in [1.54, 1.807) is 48.5 Å². The van der Waals surface area contributed by atoms with Crippen molar-refractivity contribution in [2.75, 3.05) is 12.0 Å². The van der Waals surface area contributed by atoms with Gasteiger partial charge in [-0.05, 0) is 41.5 Å². The number of anilines is 1. The van der Waals surface area contributed by atoms with Crippen molar-refractivity contribution in [2.24, 2.45) is 0 Å². The first-order chi connectivity index (χ1) is 19.9. The van der Waals surface area contributed by atoms with E-state index in [4.69, 9.17) is 32.4 Å². The number of hydrogen-bond acceptors (Lipinski definition) is 9. The fourth-order valence-corrected chi connectivity index (χ4v) is 6.83. The third-order valence-electron chi connectivity index (χ3n) is 6.50. The highest BCUT2D eigenvalue weighted by Crippen LogP contribution is 2.44. The third kappa shape index (κ3) is 5.08. The van der Waals surface area contributed by atoms with Gasteiger partial charge in [-0.3, -0.25) is 14.5 Å². The first kappa shape index (κ1) is 27.3. The molecule has 3 aromatic carbocycles. The van der Waals surface area contributed by atoms with Crippen LogP contribution in [0.1, 0.15) is 27.7 Å². The molecule has 206 valence electrons. The van der Waals surface area contributed by atoms with Gasteiger partial charge >= 0.3 is 0 Å². The molecule has 0 radical (unpaired) electrons. The van der Waals surface area contributed by atoms with E-state index >= 15 is 0 Å². The number of aliphatic hydroxyl groups excluding tert-OH is 1. The largest absolute Gasteiger partial charge is 0.503 e. The molecular formula is C29H19Cl2N3O5S2. The van der Waals surface area contributed by atoms with E-state index in [2.05, 4.69) is 10.2 Å². The summed E-state index contributed by atoms with van der Waals surface area (Å²) in [5.41, 5.74) is 1.72. The van der Waals surface area contributed by atoms with Gasteiger partial charge in [0, 0.05) is 21.2 Å². The standard InChI is InChI=1S/C29H19Cl2N3O5S2/c1-38-20-8-4-6-16-13-21(39-26(16)20)24(35)22-23(15-9-11-18(30)12-10-15)34(27(37)25(22)36)28-32-33-29(41-28)40-14-17-5-2-3-7-19(17)31/h2-13,23,36H,14H2,1H3. The number of rotatable bonds is 8. The van der Waals surface area contributed by atoms with E-state index in [0.717, 1.165) is 5.56 Å². The number of furan rings is 1. The lowest BCUT2D eigenvalue weighted by molar-refractivity contribution is -0.117. The highest BCUT2D eigenvalue weighted by molar-refractivity contribution is 8.00. The maximum atomic E-state index is 13.9. The Bertz CT molecular complexity index is 1830. The van der Waals surface area contributed by atoms with E-state index in [0.29, 0.717) is 42.4 Å². The summed E-state index contributed by atoms with van der Waals surface area (Å²) >= 11 is 15.0. The molecule has 1 aliphatic heterocycles. The number of hydrogen-bond donors (Lipinski definition) is 1. The average Bonchev–Trinajstić information content (AvgIpc) is 3.69. The van der Waals surface area contributed by atoms with Crippen LogP contribution in [-0.4, -0.2) is 34.1 Å². The number of halogens is 2. The van der Waals surface area contributed by atoms with Crippen LogP contribution in [0.4, 0.5) is 5.13 Å². The SMILES string of the molecule is COc1cccc2cc(C(=O)C3=C(O)C(=O)N(c4nnc(SCc5ccccc5Cl)s4)C3c3ccc(Cl)cc3)oc12. The number of methoxy groups -OCH3 is 1. The Labute approximate surface area is 252 Å². The van der Waals surface area contributed by atoms with Crippen molar-refractivity contribution in [3.8, 4) is 5.75 Å². The Balaban J connectivity index is 1.37. The maximum absolute atomic E-state index is 13.9. The summed E-state index contributed by atoms with van der Waals surface area (Å²) in [6, 6.07) is 20.0. The zero-order chi connectivity index (χ0) is 28.7. The molecule has 1 amide bonds. The zero-order valence-corrected chi connectivity index (χ0v) is 24.4. The number of para-hydroxylation sites is 1. The molecular weight excluding hydrogens is 605 g/mol. The molecule has 3 heterocycles. The first-order valence-corrected chi connectivity index (χ1v) is 14.7. The average molecular weight is 625 g/mol. The van der Waals surface area contributed by atoms with E-state index in [-0.39, 0.29) is 16.5 Å². The maximum Gasteiger partial charge on any atom is 0.296 e. The molecule has 41 heavy (non-hydrogen) atoms. The zero-order valence-electron chi connectivity index (χ0n) is 21.2. The number of carbonyl (C=O) groups is 2. The Kier molecular flexibility index (Phi) is 7.48. The van der Waals surface area contributed by atoms with Crippen molar-refractivity contribution in [2.45, 2.75) is 16.1 Å². The molecule has 6 rings (SSSR count). The molecule has 5 aromatic rings. The van der Waals surface area contributed by atoms with Crippen LogP contribution in [0.3, 0.4) is 0 Å². The predicted octanol–water partition coefficient (Wildman–Crippen LogP) is 7.67. The van der Waals surface area contributed by atoms with Gasteiger partial charge in [0.05, 0.1) is 18.7 Å². The van der Waals surface area contributed by atoms with Crippen molar-refractivity contribution in [3.63, 3.8) is 0 Å². The van der Waals surface area contributed by atoms with Gasteiger partial charge in [-0.2, -0.15) is 0 Å². The van der Waals surface area contributed by atoms with E-state index < -0.39 is 23.5 Å². The van der Waals surface area contributed by atoms with Crippen molar-refractivity contribution in [3.05, 3.63) is 111 Å². The highest BCUT2D eigenvalue weighted by atomic mass is 35.5. The lowest BCUT2D eigenvalue weighted by atomic mass is 9.95. The number of carbonyl (C=O) groups excluding carboxylic acids is 2. The minimum absolute atomic E-state index is 0.0482. The summed E-state index contributed by atoms with van der Waals surface area (Å²) in [5, 5.41) is 21.5. The van der Waals surface area contributed by atoms with Crippen molar-refractivity contribution >= 4 is 74.1 Å². The fourth-order valence-electron chi connectivity index (χ4n) is 4.55. The Hall–Kier alpha value is -3.83. The number of amides is 1. The summed E-state index contributed by atoms with van der Waals surface area (Å²) in [6.07, 6.45) is 0. The number of Topliss-reactive ketones (excluding diaryl/α,β-unsaturated/α-hetero) is 1. The molecule has 0 aliphatic carbocycles. The van der Waals surface area contributed by atoms with Crippen LogP contribution >= 0.6 is 46.3 Å². The van der Waals surface area contributed by atoms with Crippen molar-refractivity contribution < 1.29 is 23.8 Å². The molecule has 0 bridgehead atoms. The van der Waals surface area contributed by atoms with Crippen LogP contribution < -0.4 is 9.64 Å². The summed E-state index contributed by atoms with van der Waals surface area (Å²) in [5.74, 6) is -1.16. The van der Waals surface area contributed by atoms with Crippen molar-refractivity contribution in [1.82, 2.24) is 10.2 Å². The minimum Gasteiger partial charge on any atom is -0.503 e. The van der Waals surface area contributed by atoms with Gasteiger partial charge in [0.25, 0.3) is 5.91 Å². The lowest BCUT2D eigenvalue weighted by Crippen LogP contribution is -2.31. The quantitative estimate of drug-likeness (QED) is 0.107. The molecule has 1 aliphatic rings. The molecule has 0 saturated carbocycles. The topological polar surface area (TPSA) is 106 Å². The molecule has 8 nitrogen and oxygen atoms in total. The van der Waals surface area contributed by atoms with Crippen LogP contribution in [0.2, 0.25) is 10.0 Å². The van der Waals surface area contributed by atoms with Gasteiger partial charge in [-0.25, -0.2) is 0 Å². The Morgan fingerprint density at radius 3 is 2.63 bits per heavy atom. The molecule has 2 aromatic heterocycles. The molecule has 1 atom stereocenters. The number of ether oxygens (including phenoxy) is 1. The predicted molar refractivity (Wildman–Crippen MR) is 159 cm³/mol. The van der Waals surface area contributed by atoms with Gasteiger partial charge in [0.1, 0.15) is 0 Å². The summed E-state index contributed by atoms with van der Waals surface area (Å²) in [7, 11) is 1.50. The number of aliphatic hydroxyl groups is 1. The molecule has 0 saturated heterocycles. The van der Waals surface area contributed by atoms with Crippen LogP contribution in [0.25, 0.3) is 11.0 Å². The van der Waals surface area contributed by atoms with Crippen LogP contribution in [0, 0.1) is 0 Å². The second-order valence-corrected chi connectivity index (χ2v) is 12.0. The fraction of sp³-hybridized carbons (Fsp3) is 0.103. The number of aromatic nitrogens is 2. The van der Waals surface area contributed by atoms with Gasteiger partial charge in [0.2, 0.25) is 10.9 Å². The molecule has 0 fully saturated rings. The normalized spacial score (nSPS) is 15.2. The lowest BCUT2D eigenvalue weighted by Gasteiger charge is -2.23. The van der Waals surface area contributed by atoms with E-state index in [1.807, 2.05) is 24.3 Å². The summed E-state index contributed by atoms with van der Waals surface area (Å²) < 4.78 is 11.8. The minimum atomic E-state index is -1.00. The number of fused-ring (bicyclic) bond motifs is 1.